The lowest BCUT2D eigenvalue weighted by atomic mass is 10.1. The standard InChI is InChI=1S/C11H12FNO/c1-11(2,12)10-5-7-3-4-8(13)6-9(7)14-10/h3-6H,13H2,1-2H3. The summed E-state index contributed by atoms with van der Waals surface area (Å²) in [4.78, 5) is 0. The second-order valence-corrected chi connectivity index (χ2v) is 3.88. The number of hydrogen-bond donors (Lipinski definition) is 1. The minimum absolute atomic E-state index is 0.332. The van der Waals surface area contributed by atoms with Crippen LogP contribution >= 0.6 is 0 Å². The Hall–Kier alpha value is -1.51. The number of hydrogen-bond acceptors (Lipinski definition) is 2. The van der Waals surface area contributed by atoms with Gasteiger partial charge in [-0.05, 0) is 32.0 Å². The van der Waals surface area contributed by atoms with Gasteiger partial charge >= 0.3 is 0 Å². The predicted molar refractivity (Wildman–Crippen MR) is 54.8 cm³/mol. The molecular weight excluding hydrogens is 181 g/mol. The fourth-order valence-corrected chi connectivity index (χ4v) is 1.34. The molecule has 0 atom stereocenters. The van der Waals surface area contributed by atoms with Crippen molar-refractivity contribution in [3.05, 3.63) is 30.0 Å². The summed E-state index contributed by atoms with van der Waals surface area (Å²) in [6.07, 6.45) is 0. The molecule has 0 aliphatic heterocycles. The molecule has 0 aliphatic carbocycles. The van der Waals surface area contributed by atoms with Gasteiger partial charge in [0.15, 0.2) is 5.67 Å². The van der Waals surface area contributed by atoms with Gasteiger partial charge in [0.2, 0.25) is 0 Å². The molecule has 0 spiro atoms. The zero-order valence-electron chi connectivity index (χ0n) is 8.17. The first-order valence-corrected chi connectivity index (χ1v) is 4.45. The van der Waals surface area contributed by atoms with Crippen molar-refractivity contribution in [3.8, 4) is 0 Å². The van der Waals surface area contributed by atoms with Crippen LogP contribution in [0.2, 0.25) is 0 Å². The molecule has 0 unspecified atom stereocenters. The molecule has 0 amide bonds. The lowest BCUT2D eigenvalue weighted by molar-refractivity contribution is 0.182. The SMILES string of the molecule is CC(C)(F)c1cc2ccc(N)cc2o1. The number of anilines is 1. The van der Waals surface area contributed by atoms with Crippen LogP contribution in [0.25, 0.3) is 11.0 Å². The van der Waals surface area contributed by atoms with E-state index in [1.165, 1.54) is 13.8 Å². The lowest BCUT2D eigenvalue weighted by Gasteiger charge is -2.08. The predicted octanol–water partition coefficient (Wildman–Crippen LogP) is 3.22. The van der Waals surface area contributed by atoms with Crippen molar-refractivity contribution in [2.45, 2.75) is 19.5 Å². The first-order valence-electron chi connectivity index (χ1n) is 4.45. The van der Waals surface area contributed by atoms with Crippen LogP contribution < -0.4 is 5.73 Å². The van der Waals surface area contributed by atoms with Gasteiger partial charge in [0, 0.05) is 17.1 Å². The van der Waals surface area contributed by atoms with Crippen LogP contribution in [0, 0.1) is 0 Å². The summed E-state index contributed by atoms with van der Waals surface area (Å²) < 4.78 is 18.9. The normalized spacial score (nSPS) is 12.2. The molecule has 74 valence electrons. The van der Waals surface area contributed by atoms with E-state index in [-0.39, 0.29) is 0 Å². The highest BCUT2D eigenvalue weighted by Gasteiger charge is 2.23. The quantitative estimate of drug-likeness (QED) is 0.706. The molecule has 0 saturated carbocycles. The van der Waals surface area contributed by atoms with Crippen LogP contribution in [0.4, 0.5) is 10.1 Å². The fourth-order valence-electron chi connectivity index (χ4n) is 1.34. The van der Waals surface area contributed by atoms with Crippen LogP contribution in [-0.2, 0) is 5.67 Å². The first kappa shape index (κ1) is 9.06. The van der Waals surface area contributed by atoms with Crippen LogP contribution in [0.1, 0.15) is 19.6 Å². The van der Waals surface area contributed by atoms with E-state index in [1.54, 1.807) is 18.2 Å². The Balaban J connectivity index is 2.63. The number of alkyl halides is 1. The number of nitrogens with two attached hydrogens (primary N) is 1. The molecular formula is C11H12FNO. The summed E-state index contributed by atoms with van der Waals surface area (Å²) in [7, 11) is 0. The van der Waals surface area contributed by atoms with Crippen molar-refractivity contribution >= 4 is 16.7 Å². The average molecular weight is 193 g/mol. The highest BCUT2D eigenvalue weighted by molar-refractivity contribution is 5.81. The van der Waals surface area contributed by atoms with Gasteiger partial charge in [0.1, 0.15) is 11.3 Å². The Labute approximate surface area is 81.5 Å². The summed E-state index contributed by atoms with van der Waals surface area (Å²) in [6, 6.07) is 7.00. The summed E-state index contributed by atoms with van der Waals surface area (Å²) in [5.74, 6) is 0.332. The molecule has 2 N–H and O–H groups in total. The largest absolute Gasteiger partial charge is 0.458 e. The molecule has 1 heterocycles. The maximum Gasteiger partial charge on any atom is 0.162 e. The number of furan rings is 1. The number of benzene rings is 1. The molecule has 1 aromatic heterocycles. The Morgan fingerprint density at radius 3 is 2.64 bits per heavy atom. The third-order valence-electron chi connectivity index (χ3n) is 2.13. The van der Waals surface area contributed by atoms with Crippen molar-refractivity contribution in [3.63, 3.8) is 0 Å². The molecule has 0 fully saturated rings. The molecule has 0 bridgehead atoms. The number of fused-ring (bicyclic) bond motifs is 1. The van der Waals surface area contributed by atoms with E-state index in [9.17, 15) is 4.39 Å². The zero-order valence-corrected chi connectivity index (χ0v) is 8.17. The van der Waals surface area contributed by atoms with Crippen LogP contribution in [0.3, 0.4) is 0 Å². The molecule has 2 nitrogen and oxygen atoms in total. The second-order valence-electron chi connectivity index (χ2n) is 3.88. The molecule has 3 heteroatoms. The maximum atomic E-state index is 13.5. The number of nitrogen functional groups attached to an aromatic ring is 1. The molecule has 1 aromatic carbocycles. The average Bonchev–Trinajstić information content (AvgIpc) is 2.45. The minimum atomic E-state index is -1.45. The van der Waals surface area contributed by atoms with Gasteiger partial charge in [-0.1, -0.05) is 0 Å². The van der Waals surface area contributed by atoms with Gasteiger partial charge in [-0.3, -0.25) is 0 Å². The van der Waals surface area contributed by atoms with E-state index in [0.29, 0.717) is 17.0 Å². The third kappa shape index (κ3) is 1.45. The van der Waals surface area contributed by atoms with Gasteiger partial charge in [-0.2, -0.15) is 0 Å². The van der Waals surface area contributed by atoms with Crippen LogP contribution in [-0.4, -0.2) is 0 Å². The second kappa shape index (κ2) is 2.74. The van der Waals surface area contributed by atoms with Crippen molar-refractivity contribution in [1.29, 1.82) is 0 Å². The molecule has 0 saturated heterocycles. The molecule has 14 heavy (non-hydrogen) atoms. The van der Waals surface area contributed by atoms with Gasteiger partial charge in [0.25, 0.3) is 0 Å². The molecule has 2 aromatic rings. The minimum Gasteiger partial charge on any atom is -0.458 e. The van der Waals surface area contributed by atoms with E-state index >= 15 is 0 Å². The number of halogens is 1. The van der Waals surface area contributed by atoms with E-state index < -0.39 is 5.67 Å². The highest BCUT2D eigenvalue weighted by Crippen LogP contribution is 2.31. The summed E-state index contributed by atoms with van der Waals surface area (Å²) in [6.45, 7) is 2.93. The topological polar surface area (TPSA) is 39.2 Å². The third-order valence-corrected chi connectivity index (χ3v) is 2.13. The van der Waals surface area contributed by atoms with Gasteiger partial charge in [-0.25, -0.2) is 4.39 Å². The van der Waals surface area contributed by atoms with Crippen LogP contribution in [0.5, 0.6) is 0 Å². The van der Waals surface area contributed by atoms with Crippen molar-refractivity contribution in [2.75, 3.05) is 5.73 Å². The lowest BCUT2D eigenvalue weighted by Crippen LogP contribution is -2.06. The Morgan fingerprint density at radius 2 is 2.00 bits per heavy atom. The summed E-state index contributed by atoms with van der Waals surface area (Å²) in [5, 5.41) is 0.875. The van der Waals surface area contributed by atoms with Crippen molar-refractivity contribution in [1.82, 2.24) is 0 Å². The van der Waals surface area contributed by atoms with Crippen molar-refractivity contribution in [2.24, 2.45) is 0 Å². The molecule has 0 aliphatic rings. The van der Waals surface area contributed by atoms with Gasteiger partial charge in [-0.15, -0.1) is 0 Å². The Kier molecular flexibility index (Phi) is 1.77. The smallest absolute Gasteiger partial charge is 0.162 e. The first-order chi connectivity index (χ1) is 6.47. The Morgan fingerprint density at radius 1 is 1.29 bits per heavy atom. The maximum absolute atomic E-state index is 13.5. The van der Waals surface area contributed by atoms with Crippen LogP contribution in [0.15, 0.2) is 28.7 Å². The fraction of sp³-hybridized carbons (Fsp3) is 0.273. The Bertz CT molecular complexity index is 468. The van der Waals surface area contributed by atoms with E-state index in [2.05, 4.69) is 0 Å². The van der Waals surface area contributed by atoms with E-state index in [1.807, 2.05) is 6.07 Å². The van der Waals surface area contributed by atoms with E-state index in [4.69, 9.17) is 10.2 Å². The van der Waals surface area contributed by atoms with E-state index in [0.717, 1.165) is 5.39 Å². The molecule has 0 radical (unpaired) electrons. The zero-order chi connectivity index (χ0) is 10.3. The molecule has 2 rings (SSSR count). The number of rotatable bonds is 1. The van der Waals surface area contributed by atoms with Gasteiger partial charge < -0.3 is 10.2 Å². The van der Waals surface area contributed by atoms with Gasteiger partial charge in [0.05, 0.1) is 0 Å². The monoisotopic (exact) mass is 193 g/mol. The van der Waals surface area contributed by atoms with Crippen molar-refractivity contribution < 1.29 is 8.81 Å². The highest BCUT2D eigenvalue weighted by atomic mass is 19.1. The summed E-state index contributed by atoms with van der Waals surface area (Å²) in [5.41, 5.74) is 5.39. The summed E-state index contributed by atoms with van der Waals surface area (Å²) >= 11 is 0.